The van der Waals surface area contributed by atoms with Crippen LogP contribution in [0.4, 0.5) is 0 Å². The predicted molar refractivity (Wildman–Crippen MR) is 57.8 cm³/mol. The average molecular weight is 185 g/mol. The van der Waals surface area contributed by atoms with E-state index in [1.54, 1.807) is 0 Å². The minimum Gasteiger partial charge on any atom is -0.312 e. The van der Waals surface area contributed by atoms with Crippen LogP contribution in [0.2, 0.25) is 0 Å². The number of allylic oxidation sites excluding steroid dienone is 1. The number of rotatable bonds is 5. The molecule has 0 aromatic rings. The zero-order valence-corrected chi connectivity index (χ0v) is 9.13. The SMILES string of the molecule is CSC1(CNCC=C(C)C)CC1. The number of hydrogen-bond acceptors (Lipinski definition) is 2. The Labute approximate surface area is 80.0 Å². The van der Waals surface area contributed by atoms with Gasteiger partial charge >= 0.3 is 0 Å². The van der Waals surface area contributed by atoms with Crippen LogP contribution < -0.4 is 5.32 Å². The second-order valence-electron chi connectivity index (χ2n) is 3.80. The Balaban J connectivity index is 2.07. The molecule has 0 radical (unpaired) electrons. The molecule has 0 heterocycles. The van der Waals surface area contributed by atoms with Gasteiger partial charge in [0.15, 0.2) is 0 Å². The van der Waals surface area contributed by atoms with Crippen LogP contribution >= 0.6 is 11.8 Å². The normalized spacial score (nSPS) is 18.9. The Morgan fingerprint density at radius 3 is 2.58 bits per heavy atom. The highest BCUT2D eigenvalue weighted by Gasteiger charge is 2.40. The molecule has 0 bridgehead atoms. The maximum atomic E-state index is 3.47. The molecule has 12 heavy (non-hydrogen) atoms. The van der Waals surface area contributed by atoms with Gasteiger partial charge < -0.3 is 5.32 Å². The lowest BCUT2D eigenvalue weighted by Gasteiger charge is -2.11. The summed E-state index contributed by atoms with van der Waals surface area (Å²) in [6.45, 7) is 6.49. The van der Waals surface area contributed by atoms with Gasteiger partial charge in [-0.05, 0) is 32.9 Å². The van der Waals surface area contributed by atoms with Crippen LogP contribution in [0.1, 0.15) is 26.7 Å². The molecule has 1 N–H and O–H groups in total. The van der Waals surface area contributed by atoms with Gasteiger partial charge in [0.05, 0.1) is 0 Å². The monoisotopic (exact) mass is 185 g/mol. The van der Waals surface area contributed by atoms with Crippen molar-refractivity contribution in [2.75, 3.05) is 19.3 Å². The van der Waals surface area contributed by atoms with Gasteiger partial charge in [0.2, 0.25) is 0 Å². The molecule has 0 aromatic heterocycles. The van der Waals surface area contributed by atoms with E-state index in [4.69, 9.17) is 0 Å². The van der Waals surface area contributed by atoms with Crippen LogP contribution in [-0.2, 0) is 0 Å². The van der Waals surface area contributed by atoms with Crippen LogP contribution in [0.25, 0.3) is 0 Å². The summed E-state index contributed by atoms with van der Waals surface area (Å²) in [5.41, 5.74) is 1.40. The van der Waals surface area contributed by atoms with Crippen molar-refractivity contribution in [2.45, 2.75) is 31.4 Å². The van der Waals surface area contributed by atoms with E-state index in [-0.39, 0.29) is 0 Å². The number of thioether (sulfide) groups is 1. The van der Waals surface area contributed by atoms with E-state index in [0.29, 0.717) is 4.75 Å². The number of nitrogens with one attached hydrogen (secondary N) is 1. The largest absolute Gasteiger partial charge is 0.312 e. The molecule has 0 saturated heterocycles. The second kappa shape index (κ2) is 4.33. The minimum absolute atomic E-state index is 0.607. The van der Waals surface area contributed by atoms with E-state index in [9.17, 15) is 0 Å². The molecule has 1 nitrogen and oxygen atoms in total. The van der Waals surface area contributed by atoms with Gasteiger partial charge in [0.25, 0.3) is 0 Å². The second-order valence-corrected chi connectivity index (χ2v) is 5.07. The van der Waals surface area contributed by atoms with Crippen molar-refractivity contribution in [3.63, 3.8) is 0 Å². The predicted octanol–water partition coefficient (Wildman–Crippen LogP) is 2.44. The van der Waals surface area contributed by atoms with Crippen LogP contribution in [0.5, 0.6) is 0 Å². The number of hydrogen-bond donors (Lipinski definition) is 1. The lowest BCUT2D eigenvalue weighted by molar-refractivity contribution is 0.711. The molecule has 1 aliphatic carbocycles. The molecule has 1 fully saturated rings. The van der Waals surface area contributed by atoms with Crippen molar-refractivity contribution in [2.24, 2.45) is 0 Å². The Kier molecular flexibility index (Phi) is 3.66. The minimum atomic E-state index is 0.607. The molecule has 0 atom stereocenters. The summed E-state index contributed by atoms with van der Waals surface area (Å²) in [5.74, 6) is 0. The third-order valence-electron chi connectivity index (χ3n) is 2.34. The van der Waals surface area contributed by atoms with Crippen molar-refractivity contribution < 1.29 is 0 Å². The van der Waals surface area contributed by atoms with Gasteiger partial charge in [0.1, 0.15) is 0 Å². The first-order chi connectivity index (χ1) is 5.68. The Hall–Kier alpha value is 0.0500. The summed E-state index contributed by atoms with van der Waals surface area (Å²) >= 11 is 2.01. The molecular formula is C10H19NS. The zero-order chi connectivity index (χ0) is 9.03. The zero-order valence-electron chi connectivity index (χ0n) is 8.31. The Bertz CT molecular complexity index is 167. The Morgan fingerprint density at radius 2 is 2.17 bits per heavy atom. The van der Waals surface area contributed by atoms with Gasteiger partial charge in [-0.1, -0.05) is 11.6 Å². The molecule has 2 heteroatoms. The molecule has 1 aliphatic rings. The summed E-state index contributed by atoms with van der Waals surface area (Å²) in [4.78, 5) is 0. The fraction of sp³-hybridized carbons (Fsp3) is 0.800. The topological polar surface area (TPSA) is 12.0 Å². The highest BCUT2D eigenvalue weighted by atomic mass is 32.2. The van der Waals surface area contributed by atoms with Crippen molar-refractivity contribution in [1.82, 2.24) is 5.32 Å². The molecule has 0 aromatic carbocycles. The summed E-state index contributed by atoms with van der Waals surface area (Å²) in [7, 11) is 0. The van der Waals surface area contributed by atoms with E-state index >= 15 is 0 Å². The van der Waals surface area contributed by atoms with Crippen molar-refractivity contribution in [3.05, 3.63) is 11.6 Å². The Morgan fingerprint density at radius 1 is 1.50 bits per heavy atom. The van der Waals surface area contributed by atoms with Gasteiger partial charge in [0, 0.05) is 17.8 Å². The van der Waals surface area contributed by atoms with Gasteiger partial charge in [-0.25, -0.2) is 0 Å². The molecule has 1 saturated carbocycles. The van der Waals surface area contributed by atoms with Crippen LogP contribution in [0.15, 0.2) is 11.6 Å². The average Bonchev–Trinajstić information content (AvgIpc) is 2.79. The molecule has 0 spiro atoms. The van der Waals surface area contributed by atoms with Gasteiger partial charge in [-0.3, -0.25) is 0 Å². The third-order valence-corrected chi connectivity index (χ3v) is 3.76. The first-order valence-corrected chi connectivity index (χ1v) is 5.80. The van der Waals surface area contributed by atoms with Crippen molar-refractivity contribution in [1.29, 1.82) is 0 Å². The van der Waals surface area contributed by atoms with E-state index in [1.165, 1.54) is 25.0 Å². The molecule has 1 rings (SSSR count). The first-order valence-electron chi connectivity index (χ1n) is 4.58. The van der Waals surface area contributed by atoms with Crippen LogP contribution in [-0.4, -0.2) is 24.1 Å². The van der Waals surface area contributed by atoms with E-state index in [0.717, 1.165) is 6.54 Å². The molecule has 70 valence electrons. The maximum Gasteiger partial charge on any atom is 0.0282 e. The highest BCUT2D eigenvalue weighted by molar-refractivity contribution is 8.00. The molecule has 0 unspecified atom stereocenters. The summed E-state index contributed by atoms with van der Waals surface area (Å²) < 4.78 is 0.607. The van der Waals surface area contributed by atoms with Crippen LogP contribution in [0, 0.1) is 0 Å². The standard InChI is InChI=1S/C10H19NS/c1-9(2)4-7-11-8-10(12-3)5-6-10/h4,11H,5-8H2,1-3H3. The summed E-state index contributed by atoms with van der Waals surface area (Å²) in [5, 5.41) is 3.47. The van der Waals surface area contributed by atoms with Gasteiger partial charge in [-0.2, -0.15) is 11.8 Å². The lowest BCUT2D eigenvalue weighted by atomic mass is 10.3. The first kappa shape index (κ1) is 10.1. The van der Waals surface area contributed by atoms with Gasteiger partial charge in [-0.15, -0.1) is 0 Å². The fourth-order valence-electron chi connectivity index (χ4n) is 1.17. The summed E-state index contributed by atoms with van der Waals surface area (Å²) in [6.07, 6.45) is 7.26. The smallest absolute Gasteiger partial charge is 0.0282 e. The maximum absolute atomic E-state index is 3.47. The molecular weight excluding hydrogens is 166 g/mol. The van der Waals surface area contributed by atoms with Crippen LogP contribution in [0.3, 0.4) is 0 Å². The van der Waals surface area contributed by atoms with Crippen molar-refractivity contribution >= 4 is 11.8 Å². The van der Waals surface area contributed by atoms with E-state index in [1.807, 2.05) is 11.8 Å². The van der Waals surface area contributed by atoms with E-state index < -0.39 is 0 Å². The quantitative estimate of drug-likeness (QED) is 0.521. The van der Waals surface area contributed by atoms with E-state index in [2.05, 4.69) is 31.5 Å². The van der Waals surface area contributed by atoms with Crippen molar-refractivity contribution in [3.8, 4) is 0 Å². The molecule has 0 amide bonds. The fourth-order valence-corrected chi connectivity index (χ4v) is 1.93. The highest BCUT2D eigenvalue weighted by Crippen LogP contribution is 2.46. The summed E-state index contributed by atoms with van der Waals surface area (Å²) in [6, 6.07) is 0. The lowest BCUT2D eigenvalue weighted by Crippen LogP contribution is -2.25. The molecule has 0 aliphatic heterocycles. The third kappa shape index (κ3) is 3.20.